The first-order chi connectivity index (χ1) is 26.5. The smallest absolute Gasteiger partial charge is 0.411 e. The number of alkyl carbamates (subject to hydrolysis) is 4. The van der Waals surface area contributed by atoms with Gasteiger partial charge < -0.3 is 49.9 Å². The van der Waals surface area contributed by atoms with E-state index in [1.165, 1.54) is 0 Å². The molecule has 0 spiro atoms. The summed E-state index contributed by atoms with van der Waals surface area (Å²) >= 11 is 0. The van der Waals surface area contributed by atoms with Crippen LogP contribution < -0.4 is 36.8 Å². The minimum absolute atomic E-state index is 0.0444. The topological polar surface area (TPSA) is 258 Å². The van der Waals surface area contributed by atoms with Crippen molar-refractivity contribution in [3.05, 3.63) is 23.2 Å². The number of terminal acetylenes is 1. The van der Waals surface area contributed by atoms with Crippen molar-refractivity contribution in [2.45, 2.75) is 157 Å². The predicted octanol–water partition coefficient (Wildman–Crippen LogP) is 3.77. The molecule has 0 bridgehead atoms. The number of hydroxylamine groups is 2. The van der Waals surface area contributed by atoms with Crippen LogP contribution in [0.3, 0.4) is 0 Å². The highest BCUT2D eigenvalue weighted by molar-refractivity contribution is 6.00. The quantitative estimate of drug-likeness (QED) is 0.0488. The third-order valence-electron chi connectivity index (χ3n) is 6.40. The number of carbonyl (C=O) groups excluding carboxylic acids is 6. The predicted molar refractivity (Wildman–Crippen MR) is 208 cm³/mol. The summed E-state index contributed by atoms with van der Waals surface area (Å²) < 4.78 is 20.6. The summed E-state index contributed by atoms with van der Waals surface area (Å²) in [6.45, 7) is 21.5. The lowest BCUT2D eigenvalue weighted by Crippen LogP contribution is -2.37. The molecule has 0 atom stereocenters. The molecule has 0 unspecified atom stereocenters. The summed E-state index contributed by atoms with van der Waals surface area (Å²) in [6.07, 6.45) is 4.78. The number of hydrogen-bond acceptors (Lipinski definition) is 14. The van der Waals surface area contributed by atoms with Crippen LogP contribution in [0.4, 0.5) is 19.2 Å². The molecule has 0 radical (unpaired) electrons. The number of imide groups is 1. The maximum Gasteiger partial charge on any atom is 0.411 e. The second-order valence-electron chi connectivity index (χ2n) is 16.8. The van der Waals surface area contributed by atoms with Crippen molar-refractivity contribution in [1.82, 2.24) is 31.6 Å². The lowest BCUT2D eigenvalue weighted by atomic mass is 10.2. The van der Waals surface area contributed by atoms with E-state index >= 15 is 0 Å². The van der Waals surface area contributed by atoms with E-state index in [1.54, 1.807) is 83.1 Å². The number of nitrogens with zero attached hydrogens (tertiary/aromatic N) is 1. The molecule has 0 aromatic heterocycles. The van der Waals surface area contributed by atoms with Crippen molar-refractivity contribution in [2.24, 2.45) is 0 Å². The highest BCUT2D eigenvalue weighted by Gasteiger charge is 2.28. The molecular formula is C39H64N6O13-2. The minimum Gasteiger partial charge on any atom is -0.859 e. The van der Waals surface area contributed by atoms with Crippen LogP contribution in [0, 0.1) is 12.3 Å². The number of unbranched alkanes of at least 4 members (excludes halogenated alkanes) is 2. The Kier molecular flexibility index (Phi) is 22.0. The fourth-order valence-corrected chi connectivity index (χ4v) is 4.20. The third kappa shape index (κ3) is 27.1. The zero-order chi connectivity index (χ0) is 44.9. The molecule has 19 nitrogen and oxygen atoms in total. The fourth-order valence-electron chi connectivity index (χ4n) is 4.20. The van der Waals surface area contributed by atoms with Crippen LogP contribution in [0.5, 0.6) is 0 Å². The average molecular weight is 825 g/mol. The first kappa shape index (κ1) is 52.5. The maximum atomic E-state index is 12.5. The first-order valence-corrected chi connectivity index (χ1v) is 19.0. The Balaban J connectivity index is 0.00000113. The van der Waals surface area contributed by atoms with Crippen LogP contribution in [0.1, 0.15) is 134 Å². The number of ether oxygens (including phenoxy) is 4. The molecule has 330 valence electrons. The number of amides is 6. The van der Waals surface area contributed by atoms with E-state index in [9.17, 15) is 39.0 Å². The summed E-state index contributed by atoms with van der Waals surface area (Å²) in [5.41, 5.74) is -2.65. The second kappa shape index (κ2) is 24.3. The lowest BCUT2D eigenvalue weighted by Gasteiger charge is -2.27. The minimum atomic E-state index is -1.03. The lowest BCUT2D eigenvalue weighted by molar-refractivity contribution is -0.384. The van der Waals surface area contributed by atoms with E-state index < -0.39 is 70.4 Å². The van der Waals surface area contributed by atoms with Gasteiger partial charge in [0.2, 0.25) is 11.8 Å². The Labute approximate surface area is 342 Å². The van der Waals surface area contributed by atoms with Crippen LogP contribution in [0.2, 0.25) is 0 Å². The number of carbonyl (C=O) groups is 6. The van der Waals surface area contributed by atoms with Crippen LogP contribution >= 0.6 is 0 Å². The van der Waals surface area contributed by atoms with E-state index in [0.29, 0.717) is 43.7 Å². The van der Waals surface area contributed by atoms with Gasteiger partial charge in [-0.15, -0.1) is 6.42 Å². The molecule has 0 aromatic carbocycles. The highest BCUT2D eigenvalue weighted by Crippen LogP contribution is 2.18. The first-order valence-electron chi connectivity index (χ1n) is 19.0. The SMILES string of the molecule is C#CCNC([O-])=C(CCCCNC(=O)OC(C)(C)C)NC(=O)OC(C)(C)C.CC(C)(C)OC(=O)NCCCCC(NC(=O)OC(C)(C)C)=C([O-])ON1C(=O)CCC1=O. The molecule has 1 saturated heterocycles. The van der Waals surface area contributed by atoms with E-state index in [2.05, 4.69) is 32.5 Å². The van der Waals surface area contributed by atoms with Crippen molar-refractivity contribution < 1.29 is 62.8 Å². The normalized spacial score (nSPS) is 13.9. The molecule has 1 rings (SSSR count). The van der Waals surface area contributed by atoms with Gasteiger partial charge in [-0.2, -0.15) is 0 Å². The molecule has 1 aliphatic rings. The zero-order valence-electron chi connectivity index (χ0n) is 36.1. The number of nitrogens with one attached hydrogen (secondary N) is 5. The largest absolute Gasteiger partial charge is 0.859 e. The van der Waals surface area contributed by atoms with Crippen molar-refractivity contribution in [2.75, 3.05) is 19.6 Å². The molecule has 5 N–H and O–H groups in total. The molecule has 19 heteroatoms. The van der Waals surface area contributed by atoms with Crippen molar-refractivity contribution >= 4 is 36.2 Å². The Morgan fingerprint density at radius 3 is 1.34 bits per heavy atom. The summed E-state index contributed by atoms with van der Waals surface area (Å²) in [7, 11) is 0. The number of rotatable bonds is 16. The molecule has 1 fully saturated rings. The van der Waals surface area contributed by atoms with Gasteiger partial charge in [-0.25, -0.2) is 24.2 Å². The zero-order valence-corrected chi connectivity index (χ0v) is 36.1. The highest BCUT2D eigenvalue weighted by atomic mass is 16.8. The van der Waals surface area contributed by atoms with Gasteiger partial charge in [-0.1, -0.05) is 5.92 Å². The maximum absolute atomic E-state index is 12.5. The van der Waals surface area contributed by atoms with Crippen molar-refractivity contribution in [3.63, 3.8) is 0 Å². The Morgan fingerprint density at radius 2 is 0.966 bits per heavy atom. The van der Waals surface area contributed by atoms with Crippen molar-refractivity contribution in [1.29, 1.82) is 0 Å². The molecule has 0 saturated carbocycles. The van der Waals surface area contributed by atoms with Gasteiger partial charge >= 0.3 is 24.4 Å². The summed E-state index contributed by atoms with van der Waals surface area (Å²) in [5.74, 6) is -0.447. The van der Waals surface area contributed by atoms with Gasteiger partial charge in [0.05, 0.1) is 12.5 Å². The molecule has 1 heterocycles. The summed E-state index contributed by atoms with van der Waals surface area (Å²) in [6, 6.07) is 0. The van der Waals surface area contributed by atoms with Crippen LogP contribution in [0.25, 0.3) is 0 Å². The van der Waals surface area contributed by atoms with Crippen LogP contribution in [-0.4, -0.2) is 83.3 Å². The third-order valence-corrected chi connectivity index (χ3v) is 6.40. The van der Waals surface area contributed by atoms with Gasteiger partial charge in [0.15, 0.2) is 0 Å². The summed E-state index contributed by atoms with van der Waals surface area (Å²) in [5, 5.41) is 37.5. The van der Waals surface area contributed by atoms with Gasteiger partial charge in [0.25, 0.3) is 0 Å². The Bertz CT molecular complexity index is 1490. The molecule has 6 amide bonds. The number of hydrogen-bond donors (Lipinski definition) is 5. The number of allylic oxidation sites excluding steroid dienone is 2. The van der Waals surface area contributed by atoms with E-state index in [-0.39, 0.29) is 43.7 Å². The standard InChI is InChI=1S/C20H33N3O8.C19H33N3O5/c1-19(2,3)29-17(27)21-12-8-7-9-13(22-18(28)30-20(4,5)6)16(26)31-23-14(24)10-11-15(23)25;1-8-12-20-15(23)14(22-17(25)27-19(5,6)7)11-9-10-13-21-16(24)26-18(2,3)4/h26H,7-12H2,1-6H3,(H,21,27)(H,22,28);1,20,23H,9-13H2,2-7H3,(H,21,24)(H,22,25)/p-2. The van der Waals surface area contributed by atoms with Gasteiger partial charge in [-0.3, -0.25) is 20.2 Å². The molecule has 0 aliphatic carbocycles. The molecule has 1 aliphatic heterocycles. The second-order valence-corrected chi connectivity index (χ2v) is 16.8. The van der Waals surface area contributed by atoms with Crippen LogP contribution in [0.15, 0.2) is 23.2 Å². The van der Waals surface area contributed by atoms with Gasteiger partial charge in [0.1, 0.15) is 22.4 Å². The van der Waals surface area contributed by atoms with E-state index in [0.717, 1.165) is 0 Å². The van der Waals surface area contributed by atoms with Gasteiger partial charge in [0, 0.05) is 37.3 Å². The molecule has 58 heavy (non-hydrogen) atoms. The summed E-state index contributed by atoms with van der Waals surface area (Å²) in [4.78, 5) is 75.4. The Morgan fingerprint density at radius 1 is 0.603 bits per heavy atom. The van der Waals surface area contributed by atoms with Crippen molar-refractivity contribution in [3.8, 4) is 12.3 Å². The molecule has 0 aromatic rings. The Hall–Kier alpha value is -5.54. The van der Waals surface area contributed by atoms with Gasteiger partial charge in [-0.05, 0) is 127 Å². The van der Waals surface area contributed by atoms with Crippen LogP contribution in [-0.2, 0) is 33.4 Å². The fraction of sp³-hybridized carbons (Fsp3) is 0.692. The molecular weight excluding hydrogens is 760 g/mol. The monoisotopic (exact) mass is 824 g/mol. The van der Waals surface area contributed by atoms with E-state index in [4.69, 9.17) is 30.2 Å². The average Bonchev–Trinajstić information content (AvgIpc) is 3.34. The van der Waals surface area contributed by atoms with E-state index in [1.807, 2.05) is 0 Å².